The van der Waals surface area contributed by atoms with Gasteiger partial charge in [-0.05, 0) is 29.8 Å². The fourth-order valence-corrected chi connectivity index (χ4v) is 4.65. The quantitative estimate of drug-likeness (QED) is 0.323. The molecule has 0 radical (unpaired) electrons. The van der Waals surface area contributed by atoms with E-state index in [2.05, 4.69) is 15.5 Å². The Labute approximate surface area is 193 Å². The molecule has 3 aromatic carbocycles. The van der Waals surface area contributed by atoms with E-state index in [1.165, 1.54) is 11.3 Å². The Morgan fingerprint density at radius 2 is 1.47 bits per heavy atom. The summed E-state index contributed by atoms with van der Waals surface area (Å²) in [5, 5.41) is 13.1. The highest BCUT2D eigenvalue weighted by Crippen LogP contribution is 2.43. The molecule has 5 nitrogen and oxygen atoms in total. The van der Waals surface area contributed by atoms with Crippen molar-refractivity contribution < 1.29 is 4.79 Å². The second kappa shape index (κ2) is 8.42. The first kappa shape index (κ1) is 20.2. The van der Waals surface area contributed by atoms with Gasteiger partial charge in [0.2, 0.25) is 0 Å². The van der Waals surface area contributed by atoms with Gasteiger partial charge in [0, 0.05) is 27.2 Å². The molecule has 0 fully saturated rings. The van der Waals surface area contributed by atoms with Gasteiger partial charge in [-0.15, -0.1) is 21.5 Å². The molecule has 0 aliphatic carbocycles. The maximum atomic E-state index is 13.0. The second-order valence-electron chi connectivity index (χ2n) is 7.14. The fourth-order valence-electron chi connectivity index (χ4n) is 3.58. The van der Waals surface area contributed by atoms with Crippen molar-refractivity contribution in [3.05, 3.63) is 94.8 Å². The van der Waals surface area contributed by atoms with E-state index >= 15 is 0 Å². The Morgan fingerprint density at radius 1 is 0.844 bits per heavy atom. The molecular formula is C25H17ClN4OS. The SMILES string of the molecule is Nc1c(C(=O)Nc2ccc(Cl)cc2)sc2nnc(-c3ccccc3)c(-c3ccccc3)c12. The number of rotatable bonds is 4. The molecule has 5 rings (SSSR count). The van der Waals surface area contributed by atoms with Crippen molar-refractivity contribution in [3.63, 3.8) is 0 Å². The molecule has 0 bridgehead atoms. The fraction of sp³-hybridized carbons (Fsp3) is 0. The highest BCUT2D eigenvalue weighted by molar-refractivity contribution is 7.21. The van der Waals surface area contributed by atoms with E-state index in [4.69, 9.17) is 17.3 Å². The van der Waals surface area contributed by atoms with Crippen LogP contribution in [0.2, 0.25) is 5.02 Å². The Hall–Kier alpha value is -3.74. The normalized spacial score (nSPS) is 10.9. The van der Waals surface area contributed by atoms with Crippen LogP contribution < -0.4 is 11.1 Å². The zero-order valence-corrected chi connectivity index (χ0v) is 18.3. The van der Waals surface area contributed by atoms with E-state index in [0.29, 0.717) is 26.1 Å². The van der Waals surface area contributed by atoms with Crippen molar-refractivity contribution in [2.75, 3.05) is 11.1 Å². The Kier molecular flexibility index (Phi) is 5.31. The van der Waals surface area contributed by atoms with Crippen LogP contribution in [0.4, 0.5) is 11.4 Å². The number of halogens is 1. The van der Waals surface area contributed by atoms with Crippen LogP contribution in [0.15, 0.2) is 84.9 Å². The Morgan fingerprint density at radius 3 is 2.12 bits per heavy atom. The van der Waals surface area contributed by atoms with Crippen molar-refractivity contribution >= 4 is 50.4 Å². The third-order valence-corrected chi connectivity index (χ3v) is 6.41. The highest BCUT2D eigenvalue weighted by Gasteiger charge is 2.23. The first-order valence-electron chi connectivity index (χ1n) is 9.88. The number of aromatic nitrogens is 2. The lowest BCUT2D eigenvalue weighted by atomic mass is 9.96. The molecule has 0 aliphatic heterocycles. The third kappa shape index (κ3) is 3.70. The lowest BCUT2D eigenvalue weighted by Gasteiger charge is -2.11. The predicted octanol–water partition coefficient (Wildman–Crippen LogP) is 6.51. The molecule has 0 spiro atoms. The Bertz CT molecular complexity index is 1420. The van der Waals surface area contributed by atoms with Gasteiger partial charge in [-0.1, -0.05) is 72.3 Å². The average Bonchev–Trinajstić information content (AvgIpc) is 3.18. The molecule has 156 valence electrons. The van der Waals surface area contributed by atoms with Crippen LogP contribution in [0.1, 0.15) is 9.67 Å². The summed E-state index contributed by atoms with van der Waals surface area (Å²) in [6, 6.07) is 26.7. The number of hydrogen-bond acceptors (Lipinski definition) is 5. The summed E-state index contributed by atoms with van der Waals surface area (Å²) in [4.78, 5) is 14.0. The minimum atomic E-state index is -0.298. The molecule has 1 amide bonds. The van der Waals surface area contributed by atoms with Crippen LogP contribution in [0, 0.1) is 0 Å². The topological polar surface area (TPSA) is 80.9 Å². The van der Waals surface area contributed by atoms with Crippen molar-refractivity contribution in [1.82, 2.24) is 10.2 Å². The summed E-state index contributed by atoms with van der Waals surface area (Å²) >= 11 is 7.17. The van der Waals surface area contributed by atoms with E-state index in [9.17, 15) is 4.79 Å². The minimum Gasteiger partial charge on any atom is -0.397 e. The van der Waals surface area contributed by atoms with Gasteiger partial charge >= 0.3 is 0 Å². The van der Waals surface area contributed by atoms with Gasteiger partial charge in [0.05, 0.1) is 5.69 Å². The van der Waals surface area contributed by atoms with E-state index in [-0.39, 0.29) is 5.91 Å². The molecule has 3 N–H and O–H groups in total. The number of fused-ring (bicyclic) bond motifs is 1. The summed E-state index contributed by atoms with van der Waals surface area (Å²) in [6.45, 7) is 0. The van der Waals surface area contributed by atoms with Crippen molar-refractivity contribution in [3.8, 4) is 22.4 Å². The molecule has 0 unspecified atom stereocenters. The van der Waals surface area contributed by atoms with E-state index in [0.717, 1.165) is 27.8 Å². The molecule has 0 aliphatic rings. The van der Waals surface area contributed by atoms with Gasteiger partial charge in [-0.3, -0.25) is 4.79 Å². The summed E-state index contributed by atoms with van der Waals surface area (Å²) in [6.07, 6.45) is 0. The highest BCUT2D eigenvalue weighted by atomic mass is 35.5. The Balaban J connectivity index is 1.68. The van der Waals surface area contributed by atoms with Crippen LogP contribution in [-0.2, 0) is 0 Å². The molecule has 0 atom stereocenters. The van der Waals surface area contributed by atoms with Crippen LogP contribution in [0.25, 0.3) is 32.6 Å². The number of anilines is 2. The van der Waals surface area contributed by atoms with Crippen molar-refractivity contribution in [1.29, 1.82) is 0 Å². The van der Waals surface area contributed by atoms with Gasteiger partial charge in [-0.25, -0.2) is 0 Å². The smallest absolute Gasteiger partial charge is 0.267 e. The van der Waals surface area contributed by atoms with Crippen LogP contribution in [-0.4, -0.2) is 16.1 Å². The van der Waals surface area contributed by atoms with Crippen LogP contribution >= 0.6 is 22.9 Å². The maximum Gasteiger partial charge on any atom is 0.267 e. The molecule has 0 saturated heterocycles. The monoisotopic (exact) mass is 456 g/mol. The molecule has 0 saturated carbocycles. The number of nitrogens with one attached hydrogen (secondary N) is 1. The van der Waals surface area contributed by atoms with Gasteiger partial charge < -0.3 is 11.1 Å². The van der Waals surface area contributed by atoms with E-state index in [1.54, 1.807) is 24.3 Å². The molecule has 2 aromatic heterocycles. The second-order valence-corrected chi connectivity index (χ2v) is 8.58. The number of nitrogens with two attached hydrogens (primary N) is 1. The molecule has 7 heteroatoms. The average molecular weight is 457 g/mol. The van der Waals surface area contributed by atoms with Crippen molar-refractivity contribution in [2.24, 2.45) is 0 Å². The zero-order valence-electron chi connectivity index (χ0n) is 16.7. The largest absolute Gasteiger partial charge is 0.397 e. The number of nitrogen functional groups attached to an aromatic ring is 1. The van der Waals surface area contributed by atoms with Gasteiger partial charge in [0.15, 0.2) is 0 Å². The first-order chi connectivity index (χ1) is 15.6. The molecule has 32 heavy (non-hydrogen) atoms. The van der Waals surface area contributed by atoms with Gasteiger partial charge in [0.25, 0.3) is 5.91 Å². The summed E-state index contributed by atoms with van der Waals surface area (Å²) in [7, 11) is 0. The number of hydrogen-bond donors (Lipinski definition) is 2. The van der Waals surface area contributed by atoms with E-state index < -0.39 is 0 Å². The number of nitrogens with zero attached hydrogens (tertiary/aromatic N) is 2. The molecule has 5 aromatic rings. The van der Waals surface area contributed by atoms with Crippen LogP contribution in [0.3, 0.4) is 0 Å². The molecule has 2 heterocycles. The first-order valence-corrected chi connectivity index (χ1v) is 11.1. The maximum absolute atomic E-state index is 13.0. The summed E-state index contributed by atoms with van der Waals surface area (Å²) in [5.41, 5.74) is 11.1. The third-order valence-electron chi connectivity index (χ3n) is 5.07. The predicted molar refractivity (Wildman–Crippen MR) is 132 cm³/mol. The molecular weight excluding hydrogens is 440 g/mol. The minimum absolute atomic E-state index is 0.298. The van der Waals surface area contributed by atoms with Crippen LogP contribution in [0.5, 0.6) is 0 Å². The van der Waals surface area contributed by atoms with Crippen molar-refractivity contribution in [2.45, 2.75) is 0 Å². The number of amides is 1. The van der Waals surface area contributed by atoms with Gasteiger partial charge in [-0.2, -0.15) is 0 Å². The zero-order chi connectivity index (χ0) is 22.1. The summed E-state index contributed by atoms with van der Waals surface area (Å²) < 4.78 is 0. The number of thiophene rings is 1. The number of benzene rings is 3. The van der Waals surface area contributed by atoms with Gasteiger partial charge in [0.1, 0.15) is 15.4 Å². The van der Waals surface area contributed by atoms with E-state index in [1.807, 2.05) is 60.7 Å². The number of carbonyl (C=O) groups excluding carboxylic acids is 1. The lowest BCUT2D eigenvalue weighted by Crippen LogP contribution is -2.11. The number of carbonyl (C=O) groups is 1. The summed E-state index contributed by atoms with van der Waals surface area (Å²) in [5.74, 6) is -0.298. The lowest BCUT2D eigenvalue weighted by molar-refractivity contribution is 0.103. The standard InChI is InChI=1S/C25H17ClN4OS/c26-17-11-13-18(14-12-17)28-24(31)23-21(27)20-19(15-7-3-1-4-8-15)22(29-30-25(20)32-23)16-9-5-2-6-10-16/h1-14H,27H2,(H,28,31).